The molecule has 0 fully saturated rings. The van der Waals surface area contributed by atoms with Crippen molar-refractivity contribution in [2.75, 3.05) is 0 Å². The van der Waals surface area contributed by atoms with Gasteiger partial charge in [0.25, 0.3) is 5.69 Å². The van der Waals surface area contributed by atoms with Crippen LogP contribution in [0.15, 0.2) is 58.8 Å². The molecule has 0 N–H and O–H groups in total. The number of hydrogen-bond acceptors (Lipinski definition) is 4. The van der Waals surface area contributed by atoms with E-state index in [0.29, 0.717) is 0 Å². The minimum absolute atomic E-state index is 0.0238. The van der Waals surface area contributed by atoms with Crippen LogP contribution in [0, 0.1) is 10.1 Å². The molecule has 0 aliphatic carbocycles. The summed E-state index contributed by atoms with van der Waals surface area (Å²) in [7, 11) is -3.64. The summed E-state index contributed by atoms with van der Waals surface area (Å²) in [5.74, 6) is 0. The minimum Gasteiger partial charge on any atom is -0.258 e. The highest BCUT2D eigenvalue weighted by Crippen LogP contribution is 2.23. The van der Waals surface area contributed by atoms with Gasteiger partial charge in [0.05, 0.1) is 9.82 Å². The summed E-state index contributed by atoms with van der Waals surface area (Å²) in [6, 6.07) is 12.5. The maximum absolute atomic E-state index is 12.3. The van der Waals surface area contributed by atoms with E-state index in [1.165, 1.54) is 30.3 Å². The molecular formula is C18H19NO4S. The molecule has 0 aliphatic rings. The van der Waals surface area contributed by atoms with Crippen LogP contribution < -0.4 is 0 Å². The monoisotopic (exact) mass is 345 g/mol. The van der Waals surface area contributed by atoms with Crippen LogP contribution in [0.1, 0.15) is 31.9 Å². The van der Waals surface area contributed by atoms with Gasteiger partial charge in [0.1, 0.15) is 0 Å². The Kier molecular flexibility index (Phi) is 4.89. The molecule has 5 nitrogen and oxygen atoms in total. The van der Waals surface area contributed by atoms with Crippen molar-refractivity contribution < 1.29 is 13.3 Å². The Bertz CT molecular complexity index is 859. The van der Waals surface area contributed by atoms with Gasteiger partial charge in [-0.05, 0) is 34.8 Å². The highest BCUT2D eigenvalue weighted by atomic mass is 32.2. The molecule has 0 spiro atoms. The minimum atomic E-state index is -3.64. The maximum Gasteiger partial charge on any atom is 0.269 e. The summed E-state index contributed by atoms with van der Waals surface area (Å²) in [5.41, 5.74) is 1.83. The van der Waals surface area contributed by atoms with Crippen LogP contribution in [0.4, 0.5) is 5.69 Å². The number of nitro groups is 1. The second-order valence-corrected chi connectivity index (χ2v) is 8.30. The fourth-order valence-electron chi connectivity index (χ4n) is 2.10. The maximum atomic E-state index is 12.3. The van der Waals surface area contributed by atoms with E-state index in [1.54, 1.807) is 0 Å². The van der Waals surface area contributed by atoms with Crippen molar-refractivity contribution in [2.24, 2.45) is 0 Å². The lowest BCUT2D eigenvalue weighted by Gasteiger charge is -2.18. The lowest BCUT2D eigenvalue weighted by atomic mass is 9.87. The van der Waals surface area contributed by atoms with Gasteiger partial charge in [-0.2, -0.15) is 0 Å². The summed E-state index contributed by atoms with van der Waals surface area (Å²) in [5, 5.41) is 11.7. The molecule has 0 unspecified atom stereocenters. The molecule has 2 rings (SSSR count). The zero-order valence-corrected chi connectivity index (χ0v) is 14.6. The Morgan fingerprint density at radius 3 is 1.96 bits per heavy atom. The fourth-order valence-corrected chi connectivity index (χ4v) is 3.11. The van der Waals surface area contributed by atoms with Crippen molar-refractivity contribution >= 4 is 21.6 Å². The fraction of sp³-hybridized carbons (Fsp3) is 0.222. The third-order valence-electron chi connectivity index (χ3n) is 3.59. The average Bonchev–Trinajstić information content (AvgIpc) is 2.52. The lowest BCUT2D eigenvalue weighted by molar-refractivity contribution is -0.384. The molecule has 126 valence electrons. The van der Waals surface area contributed by atoms with Gasteiger partial charge in [0, 0.05) is 17.5 Å². The van der Waals surface area contributed by atoms with Crippen LogP contribution >= 0.6 is 0 Å². The quantitative estimate of drug-likeness (QED) is 0.610. The number of non-ortho nitro benzene ring substituents is 1. The zero-order chi connectivity index (χ0) is 18.0. The molecule has 0 saturated carbocycles. The van der Waals surface area contributed by atoms with E-state index in [1.807, 2.05) is 24.3 Å². The molecule has 2 aromatic carbocycles. The Labute approximate surface area is 141 Å². The van der Waals surface area contributed by atoms with Crippen molar-refractivity contribution in [3.63, 3.8) is 0 Å². The number of sulfone groups is 1. The van der Waals surface area contributed by atoms with Gasteiger partial charge in [0.2, 0.25) is 0 Å². The average molecular weight is 345 g/mol. The van der Waals surface area contributed by atoms with Gasteiger partial charge in [-0.15, -0.1) is 0 Å². The van der Waals surface area contributed by atoms with Crippen LogP contribution in [0.2, 0.25) is 0 Å². The van der Waals surface area contributed by atoms with E-state index in [2.05, 4.69) is 20.8 Å². The zero-order valence-electron chi connectivity index (χ0n) is 13.8. The largest absolute Gasteiger partial charge is 0.269 e. The predicted molar refractivity (Wildman–Crippen MR) is 94.5 cm³/mol. The number of nitrogens with zero attached hydrogens (tertiary/aromatic N) is 1. The van der Waals surface area contributed by atoms with Gasteiger partial charge in [-0.3, -0.25) is 10.1 Å². The molecule has 0 radical (unpaired) electrons. The van der Waals surface area contributed by atoms with Gasteiger partial charge in [-0.25, -0.2) is 8.42 Å². The van der Waals surface area contributed by atoms with Gasteiger partial charge < -0.3 is 0 Å². The van der Waals surface area contributed by atoms with Crippen molar-refractivity contribution in [1.29, 1.82) is 0 Å². The second kappa shape index (κ2) is 6.57. The number of nitro benzene ring substituents is 1. The van der Waals surface area contributed by atoms with Crippen LogP contribution in [-0.4, -0.2) is 13.3 Å². The molecular weight excluding hydrogens is 326 g/mol. The number of hydrogen-bond donors (Lipinski definition) is 0. The second-order valence-electron chi connectivity index (χ2n) is 6.47. The Morgan fingerprint density at radius 2 is 1.50 bits per heavy atom. The van der Waals surface area contributed by atoms with E-state index in [9.17, 15) is 18.5 Å². The molecule has 6 heteroatoms. The Morgan fingerprint density at radius 1 is 0.958 bits per heavy atom. The standard InChI is InChI=1S/C18H19NO4S/c1-18(2,3)15-6-4-14(5-7-15)12-13-24(22,23)17-10-8-16(9-11-17)19(20)21/h4-13H,1-3H3/b13-12+. The highest BCUT2D eigenvalue weighted by Gasteiger charge is 2.14. The Balaban J connectivity index is 2.22. The number of rotatable bonds is 4. The van der Waals surface area contributed by atoms with Crippen molar-refractivity contribution in [1.82, 2.24) is 0 Å². The van der Waals surface area contributed by atoms with Gasteiger partial charge in [0.15, 0.2) is 9.84 Å². The third kappa shape index (κ3) is 4.29. The summed E-state index contributed by atoms with van der Waals surface area (Å²) >= 11 is 0. The molecule has 0 amide bonds. The van der Waals surface area contributed by atoms with Crippen LogP contribution in [0.5, 0.6) is 0 Å². The Hall–Kier alpha value is -2.47. The molecule has 0 aromatic heterocycles. The molecule has 0 heterocycles. The first kappa shape index (κ1) is 17.9. The first-order chi connectivity index (χ1) is 11.1. The molecule has 0 aliphatic heterocycles. The van der Waals surface area contributed by atoms with Crippen LogP contribution in [0.25, 0.3) is 6.08 Å². The molecule has 0 atom stereocenters. The van der Waals surface area contributed by atoms with Crippen molar-refractivity contribution in [3.8, 4) is 0 Å². The SMILES string of the molecule is CC(C)(C)c1ccc(/C=C/S(=O)(=O)c2ccc([N+](=O)[O-])cc2)cc1. The van der Waals surface area contributed by atoms with Gasteiger partial charge >= 0.3 is 0 Å². The summed E-state index contributed by atoms with van der Waals surface area (Å²) in [4.78, 5) is 10.1. The molecule has 2 aromatic rings. The summed E-state index contributed by atoms with van der Waals surface area (Å²) in [6.45, 7) is 6.32. The normalized spacial score (nSPS) is 12.5. The topological polar surface area (TPSA) is 77.3 Å². The summed E-state index contributed by atoms with van der Waals surface area (Å²) < 4.78 is 24.5. The molecule has 0 bridgehead atoms. The summed E-state index contributed by atoms with van der Waals surface area (Å²) in [6.07, 6.45) is 1.52. The van der Waals surface area contributed by atoms with Crippen molar-refractivity contribution in [3.05, 3.63) is 75.2 Å². The smallest absolute Gasteiger partial charge is 0.258 e. The number of benzene rings is 2. The van der Waals surface area contributed by atoms with E-state index in [0.717, 1.165) is 16.5 Å². The van der Waals surface area contributed by atoms with Crippen LogP contribution in [0.3, 0.4) is 0 Å². The van der Waals surface area contributed by atoms with Gasteiger partial charge in [-0.1, -0.05) is 45.0 Å². The molecule has 24 heavy (non-hydrogen) atoms. The van der Waals surface area contributed by atoms with Crippen LogP contribution in [-0.2, 0) is 15.3 Å². The van der Waals surface area contributed by atoms with E-state index < -0.39 is 14.8 Å². The van der Waals surface area contributed by atoms with E-state index in [-0.39, 0.29) is 16.0 Å². The van der Waals surface area contributed by atoms with Crippen molar-refractivity contribution in [2.45, 2.75) is 31.1 Å². The predicted octanol–water partition coefficient (Wildman–Crippen LogP) is 4.34. The van der Waals surface area contributed by atoms with E-state index in [4.69, 9.17) is 0 Å². The third-order valence-corrected chi connectivity index (χ3v) is 5.02. The lowest BCUT2D eigenvalue weighted by Crippen LogP contribution is -2.10. The molecule has 0 saturated heterocycles. The highest BCUT2D eigenvalue weighted by molar-refractivity contribution is 7.94. The first-order valence-electron chi connectivity index (χ1n) is 7.38. The first-order valence-corrected chi connectivity index (χ1v) is 8.92. The van der Waals surface area contributed by atoms with E-state index >= 15 is 0 Å².